The summed E-state index contributed by atoms with van der Waals surface area (Å²) in [7, 11) is -3.42. The first-order valence-corrected chi connectivity index (χ1v) is 8.81. The van der Waals surface area contributed by atoms with Crippen molar-refractivity contribution in [2.45, 2.75) is 38.4 Å². The zero-order valence-electron chi connectivity index (χ0n) is 12.5. The van der Waals surface area contributed by atoms with Crippen molar-refractivity contribution in [3.8, 4) is 0 Å². The first-order chi connectivity index (χ1) is 10.2. The summed E-state index contributed by atoms with van der Waals surface area (Å²) in [6.07, 6.45) is 1.59. The highest BCUT2D eigenvalue weighted by Gasteiger charge is 2.35. The van der Waals surface area contributed by atoms with Gasteiger partial charge < -0.3 is 10.4 Å². The predicted octanol–water partition coefficient (Wildman–Crippen LogP) is 1.91. The van der Waals surface area contributed by atoms with E-state index in [2.05, 4.69) is 5.32 Å². The van der Waals surface area contributed by atoms with E-state index in [9.17, 15) is 18.0 Å². The highest BCUT2D eigenvalue weighted by molar-refractivity contribution is 7.92. The maximum atomic E-state index is 12.3. The quantitative estimate of drug-likeness (QED) is 0.884. The monoisotopic (exact) mass is 325 g/mol. The number of benzene rings is 1. The molecule has 120 valence electrons. The second-order valence-electron chi connectivity index (χ2n) is 5.63. The maximum absolute atomic E-state index is 12.3. The van der Waals surface area contributed by atoms with Crippen molar-refractivity contribution in [3.63, 3.8) is 0 Å². The zero-order chi connectivity index (χ0) is 16.5. The van der Waals surface area contributed by atoms with E-state index in [0.29, 0.717) is 36.1 Å². The summed E-state index contributed by atoms with van der Waals surface area (Å²) in [6.45, 7) is 3.41. The fourth-order valence-corrected chi connectivity index (χ4v) is 4.48. The Hall–Kier alpha value is -1.89. The number of carboxylic acid groups (broad SMARTS) is 1. The molecule has 0 saturated carbocycles. The number of carbonyl (C=O) groups is 2. The molecule has 6 nitrogen and oxygen atoms in total. The molecule has 1 aromatic rings. The summed E-state index contributed by atoms with van der Waals surface area (Å²) < 4.78 is 23.9. The lowest BCUT2D eigenvalue weighted by atomic mass is 10.0. The molecule has 0 spiro atoms. The number of amides is 1. The lowest BCUT2D eigenvalue weighted by molar-refractivity contribution is -0.116. The number of anilines is 1. The van der Waals surface area contributed by atoms with Crippen LogP contribution in [0.15, 0.2) is 12.1 Å². The second-order valence-corrected chi connectivity index (χ2v) is 7.93. The van der Waals surface area contributed by atoms with Gasteiger partial charge in [-0.2, -0.15) is 0 Å². The van der Waals surface area contributed by atoms with Gasteiger partial charge in [-0.1, -0.05) is 12.5 Å². The average molecular weight is 325 g/mol. The van der Waals surface area contributed by atoms with Gasteiger partial charge in [-0.25, -0.2) is 13.2 Å². The Morgan fingerprint density at radius 1 is 1.18 bits per heavy atom. The molecular formula is C15H19NO5S. The van der Waals surface area contributed by atoms with Crippen molar-refractivity contribution in [2.75, 3.05) is 11.1 Å². The van der Waals surface area contributed by atoms with Crippen molar-refractivity contribution >= 4 is 27.4 Å². The molecule has 2 rings (SSSR count). The Morgan fingerprint density at radius 2 is 1.86 bits per heavy atom. The van der Waals surface area contributed by atoms with E-state index in [4.69, 9.17) is 5.11 Å². The minimum atomic E-state index is -3.42. The fraction of sp³-hybridized carbons (Fsp3) is 0.467. The maximum Gasteiger partial charge on any atom is 0.336 e. The molecule has 22 heavy (non-hydrogen) atoms. The molecule has 0 aliphatic carbocycles. The number of aryl methyl sites for hydroxylation is 2. The highest BCUT2D eigenvalue weighted by atomic mass is 32.2. The van der Waals surface area contributed by atoms with Crippen LogP contribution in [0.5, 0.6) is 0 Å². The summed E-state index contributed by atoms with van der Waals surface area (Å²) in [5.41, 5.74) is 1.72. The number of hydrogen-bond donors (Lipinski definition) is 2. The van der Waals surface area contributed by atoms with E-state index in [1.54, 1.807) is 19.9 Å². The Kier molecular flexibility index (Phi) is 4.55. The van der Waals surface area contributed by atoms with E-state index in [1.165, 1.54) is 6.07 Å². The van der Waals surface area contributed by atoms with Crippen LogP contribution in [0.4, 0.5) is 5.69 Å². The van der Waals surface area contributed by atoms with Gasteiger partial charge in [-0.05, 0) is 43.9 Å². The van der Waals surface area contributed by atoms with Crippen LogP contribution in [0.1, 0.15) is 40.7 Å². The lowest BCUT2D eigenvalue weighted by Crippen LogP contribution is -2.39. The first-order valence-electron chi connectivity index (χ1n) is 7.09. The third-order valence-electron chi connectivity index (χ3n) is 3.93. The molecule has 0 aromatic heterocycles. The molecule has 1 aliphatic heterocycles. The molecule has 1 saturated heterocycles. The summed E-state index contributed by atoms with van der Waals surface area (Å²) in [6, 6.07) is 3.04. The van der Waals surface area contributed by atoms with Crippen molar-refractivity contribution < 1.29 is 23.1 Å². The molecule has 1 aliphatic rings. The zero-order valence-corrected chi connectivity index (χ0v) is 13.4. The van der Waals surface area contributed by atoms with Crippen LogP contribution in [0.2, 0.25) is 0 Å². The number of hydrogen-bond acceptors (Lipinski definition) is 4. The van der Waals surface area contributed by atoms with E-state index in [1.807, 2.05) is 0 Å². The van der Waals surface area contributed by atoms with Gasteiger partial charge in [0.05, 0.1) is 11.3 Å². The highest BCUT2D eigenvalue weighted by Crippen LogP contribution is 2.24. The van der Waals surface area contributed by atoms with Gasteiger partial charge in [0.1, 0.15) is 5.25 Å². The van der Waals surface area contributed by atoms with Gasteiger partial charge in [-0.3, -0.25) is 4.79 Å². The number of nitrogens with one attached hydrogen (secondary N) is 1. The van der Waals surface area contributed by atoms with Crippen LogP contribution >= 0.6 is 0 Å². The van der Waals surface area contributed by atoms with Crippen LogP contribution in [0.3, 0.4) is 0 Å². The number of sulfone groups is 1. The molecule has 1 atom stereocenters. The van der Waals surface area contributed by atoms with Gasteiger partial charge in [0.15, 0.2) is 9.84 Å². The van der Waals surface area contributed by atoms with Crippen LogP contribution in [0, 0.1) is 13.8 Å². The number of carboxylic acids is 1. The molecule has 1 fully saturated rings. The molecule has 0 radical (unpaired) electrons. The number of carbonyl (C=O) groups excluding carboxylic acids is 1. The standard InChI is InChI=1S/C15H19NO5S/c1-9-7-10(2)12(8-11(9)15(18)19)16-14(17)13-5-3-4-6-22(13,20)21/h7-8,13H,3-6H2,1-2H3,(H,16,17)(H,18,19). The van der Waals surface area contributed by atoms with E-state index < -0.39 is 27.0 Å². The molecule has 7 heteroatoms. The minimum absolute atomic E-state index is 0.0261. The van der Waals surface area contributed by atoms with Crippen molar-refractivity contribution in [1.29, 1.82) is 0 Å². The first kappa shape index (κ1) is 16.5. The van der Waals surface area contributed by atoms with Crippen LogP contribution in [-0.2, 0) is 14.6 Å². The Balaban J connectivity index is 2.28. The smallest absolute Gasteiger partial charge is 0.336 e. The number of aromatic carboxylic acids is 1. The Bertz CT molecular complexity index is 724. The van der Waals surface area contributed by atoms with E-state index >= 15 is 0 Å². The van der Waals surface area contributed by atoms with E-state index in [0.717, 1.165) is 0 Å². The minimum Gasteiger partial charge on any atom is -0.478 e. The van der Waals surface area contributed by atoms with Crippen LogP contribution in [-0.4, -0.2) is 36.4 Å². The van der Waals surface area contributed by atoms with Gasteiger partial charge in [0.2, 0.25) is 5.91 Å². The van der Waals surface area contributed by atoms with Crippen LogP contribution in [0.25, 0.3) is 0 Å². The van der Waals surface area contributed by atoms with Crippen molar-refractivity contribution in [1.82, 2.24) is 0 Å². The SMILES string of the molecule is Cc1cc(C)c(C(=O)O)cc1NC(=O)C1CCCCS1(=O)=O. The van der Waals surface area contributed by atoms with Gasteiger partial charge in [0, 0.05) is 5.69 Å². The summed E-state index contributed by atoms with van der Waals surface area (Å²) in [4.78, 5) is 23.4. The van der Waals surface area contributed by atoms with Crippen molar-refractivity contribution in [2.24, 2.45) is 0 Å². The summed E-state index contributed by atoms with van der Waals surface area (Å²) >= 11 is 0. The predicted molar refractivity (Wildman–Crippen MR) is 82.9 cm³/mol. The molecular weight excluding hydrogens is 306 g/mol. The van der Waals surface area contributed by atoms with Gasteiger partial charge in [-0.15, -0.1) is 0 Å². The van der Waals surface area contributed by atoms with E-state index in [-0.39, 0.29) is 11.3 Å². The van der Waals surface area contributed by atoms with Gasteiger partial charge in [0.25, 0.3) is 0 Å². The third kappa shape index (κ3) is 3.30. The normalized spacial score (nSPS) is 20.4. The molecule has 1 heterocycles. The summed E-state index contributed by atoms with van der Waals surface area (Å²) in [5.74, 6) is -1.64. The molecule has 1 aromatic carbocycles. The topological polar surface area (TPSA) is 101 Å². The second kappa shape index (κ2) is 6.08. The average Bonchev–Trinajstić information content (AvgIpc) is 2.40. The largest absolute Gasteiger partial charge is 0.478 e. The number of rotatable bonds is 3. The third-order valence-corrected chi connectivity index (χ3v) is 6.11. The van der Waals surface area contributed by atoms with Crippen LogP contribution < -0.4 is 5.32 Å². The lowest BCUT2D eigenvalue weighted by Gasteiger charge is -2.22. The van der Waals surface area contributed by atoms with Gasteiger partial charge >= 0.3 is 5.97 Å². The molecule has 1 unspecified atom stereocenters. The Labute approximate surface area is 129 Å². The molecule has 0 bridgehead atoms. The molecule has 2 N–H and O–H groups in total. The molecule has 1 amide bonds. The van der Waals surface area contributed by atoms with Crippen molar-refractivity contribution in [3.05, 3.63) is 28.8 Å². The fourth-order valence-electron chi connectivity index (χ4n) is 2.68. The Morgan fingerprint density at radius 3 is 2.45 bits per heavy atom. The summed E-state index contributed by atoms with van der Waals surface area (Å²) in [5, 5.41) is 10.7.